The third-order valence-corrected chi connectivity index (χ3v) is 5.09. The van der Waals surface area contributed by atoms with Crippen LogP contribution in [0.15, 0.2) is 12.4 Å². The third kappa shape index (κ3) is 4.84. The summed E-state index contributed by atoms with van der Waals surface area (Å²) in [5.74, 6) is 1.85. The van der Waals surface area contributed by atoms with Crippen molar-refractivity contribution in [3.05, 3.63) is 18.0 Å². The molecule has 1 atom stereocenters. The van der Waals surface area contributed by atoms with Crippen LogP contribution in [-0.2, 0) is 13.0 Å². The fourth-order valence-corrected chi connectivity index (χ4v) is 3.89. The van der Waals surface area contributed by atoms with Crippen LogP contribution in [0.5, 0.6) is 0 Å². The Bertz CT molecular complexity index is 391. The molecule has 2 rings (SSSR count). The van der Waals surface area contributed by atoms with Gasteiger partial charge >= 0.3 is 0 Å². The minimum absolute atomic E-state index is 0.632. The first-order chi connectivity index (χ1) is 10.3. The Hall–Kier alpha value is -0.830. The minimum atomic E-state index is 0.632. The summed E-state index contributed by atoms with van der Waals surface area (Å²) in [6.07, 6.45) is 13.9. The highest BCUT2D eigenvalue weighted by Crippen LogP contribution is 2.34. The molecule has 0 amide bonds. The highest BCUT2D eigenvalue weighted by Gasteiger charge is 2.27. The molecule has 1 saturated carbocycles. The Morgan fingerprint density at radius 1 is 1.24 bits per heavy atom. The van der Waals surface area contributed by atoms with Gasteiger partial charge in [0.05, 0.1) is 6.20 Å². The van der Waals surface area contributed by atoms with Crippen LogP contribution >= 0.6 is 0 Å². The number of hydrogen-bond acceptors (Lipinski definition) is 2. The first-order valence-electron chi connectivity index (χ1n) is 9.01. The van der Waals surface area contributed by atoms with Crippen molar-refractivity contribution >= 4 is 0 Å². The van der Waals surface area contributed by atoms with E-state index in [2.05, 4.69) is 43.6 Å². The van der Waals surface area contributed by atoms with Crippen LogP contribution in [0.2, 0.25) is 0 Å². The van der Waals surface area contributed by atoms with Gasteiger partial charge < -0.3 is 5.32 Å². The number of likely N-dealkylation sites (N-methyl/N-ethyl adjacent to an activating group) is 1. The summed E-state index contributed by atoms with van der Waals surface area (Å²) in [6, 6.07) is 0.632. The lowest BCUT2D eigenvalue weighted by Gasteiger charge is -2.34. The molecule has 120 valence electrons. The number of nitrogens with zero attached hydrogens (tertiary/aromatic N) is 2. The molecule has 1 aromatic heterocycles. The van der Waals surface area contributed by atoms with Gasteiger partial charge in [-0.1, -0.05) is 39.5 Å². The van der Waals surface area contributed by atoms with Crippen molar-refractivity contribution < 1.29 is 0 Å². The SMILES string of the molecule is CCCC1CCC(C(Cc2cnn(CC)c2)NCC)CC1. The van der Waals surface area contributed by atoms with Gasteiger partial charge in [0.1, 0.15) is 0 Å². The van der Waals surface area contributed by atoms with Crippen LogP contribution in [0.4, 0.5) is 0 Å². The van der Waals surface area contributed by atoms with Gasteiger partial charge in [-0.05, 0) is 50.1 Å². The molecule has 0 aliphatic heterocycles. The van der Waals surface area contributed by atoms with E-state index in [4.69, 9.17) is 0 Å². The lowest BCUT2D eigenvalue weighted by molar-refractivity contribution is 0.213. The second-order valence-corrected chi connectivity index (χ2v) is 6.64. The van der Waals surface area contributed by atoms with Gasteiger partial charge in [0.15, 0.2) is 0 Å². The molecule has 1 heterocycles. The molecule has 0 aromatic carbocycles. The van der Waals surface area contributed by atoms with Gasteiger partial charge in [-0.3, -0.25) is 4.68 Å². The standard InChI is InChI=1S/C18H33N3/c1-4-7-15-8-10-17(11-9-15)18(19-5-2)12-16-13-20-21(6-3)14-16/h13-15,17-19H,4-12H2,1-3H3. The average Bonchev–Trinajstić information content (AvgIpc) is 2.96. The Morgan fingerprint density at radius 3 is 2.57 bits per heavy atom. The fraction of sp³-hybridized carbons (Fsp3) is 0.833. The molecular formula is C18H33N3. The zero-order valence-corrected chi connectivity index (χ0v) is 14.1. The molecule has 1 aliphatic rings. The Kier molecular flexibility index (Phi) is 6.75. The second-order valence-electron chi connectivity index (χ2n) is 6.64. The number of aromatic nitrogens is 2. The van der Waals surface area contributed by atoms with Gasteiger partial charge in [0.2, 0.25) is 0 Å². The average molecular weight is 291 g/mol. The van der Waals surface area contributed by atoms with Crippen LogP contribution in [0, 0.1) is 11.8 Å². The lowest BCUT2D eigenvalue weighted by Crippen LogP contribution is -2.39. The molecule has 0 radical (unpaired) electrons. The largest absolute Gasteiger partial charge is 0.314 e. The number of hydrogen-bond donors (Lipinski definition) is 1. The highest BCUT2D eigenvalue weighted by atomic mass is 15.3. The molecule has 21 heavy (non-hydrogen) atoms. The maximum absolute atomic E-state index is 4.42. The number of rotatable bonds is 8. The van der Waals surface area contributed by atoms with Crippen molar-refractivity contribution in [2.24, 2.45) is 11.8 Å². The summed E-state index contributed by atoms with van der Waals surface area (Å²) in [5, 5.41) is 8.16. The Labute approximate surface area is 130 Å². The van der Waals surface area contributed by atoms with Gasteiger partial charge in [0.25, 0.3) is 0 Å². The number of aryl methyl sites for hydroxylation is 1. The molecule has 0 bridgehead atoms. The Morgan fingerprint density at radius 2 is 2.00 bits per heavy atom. The van der Waals surface area contributed by atoms with E-state index in [1.165, 1.54) is 44.1 Å². The maximum atomic E-state index is 4.42. The second kappa shape index (κ2) is 8.57. The summed E-state index contributed by atoms with van der Waals surface area (Å²) in [4.78, 5) is 0. The molecule has 1 aromatic rings. The predicted molar refractivity (Wildman–Crippen MR) is 89.4 cm³/mol. The van der Waals surface area contributed by atoms with Crippen molar-refractivity contribution in [2.45, 2.75) is 78.3 Å². The van der Waals surface area contributed by atoms with Crippen LogP contribution in [0.25, 0.3) is 0 Å². The van der Waals surface area contributed by atoms with E-state index in [1.54, 1.807) is 0 Å². The normalized spacial score (nSPS) is 24.1. The van der Waals surface area contributed by atoms with E-state index in [0.717, 1.165) is 31.3 Å². The first kappa shape index (κ1) is 16.5. The van der Waals surface area contributed by atoms with Crippen LogP contribution < -0.4 is 5.32 Å². The van der Waals surface area contributed by atoms with Gasteiger partial charge in [-0.25, -0.2) is 0 Å². The smallest absolute Gasteiger partial charge is 0.0522 e. The van der Waals surface area contributed by atoms with Crippen molar-refractivity contribution in [2.75, 3.05) is 6.54 Å². The third-order valence-electron chi connectivity index (χ3n) is 5.09. The zero-order chi connectivity index (χ0) is 15.1. The summed E-state index contributed by atoms with van der Waals surface area (Å²) >= 11 is 0. The highest BCUT2D eigenvalue weighted by molar-refractivity contribution is 5.07. The number of nitrogens with one attached hydrogen (secondary N) is 1. The molecule has 1 aliphatic carbocycles. The van der Waals surface area contributed by atoms with Crippen molar-refractivity contribution in [3.63, 3.8) is 0 Å². The summed E-state index contributed by atoms with van der Waals surface area (Å²) in [5.41, 5.74) is 1.39. The molecule has 0 spiro atoms. The van der Waals surface area contributed by atoms with E-state index in [9.17, 15) is 0 Å². The predicted octanol–water partition coefficient (Wildman–Crippen LogP) is 4.03. The fourth-order valence-electron chi connectivity index (χ4n) is 3.89. The van der Waals surface area contributed by atoms with Crippen LogP contribution in [0.1, 0.15) is 64.9 Å². The summed E-state index contributed by atoms with van der Waals surface area (Å²) in [7, 11) is 0. The van der Waals surface area contributed by atoms with Crippen molar-refractivity contribution in [1.29, 1.82) is 0 Å². The van der Waals surface area contributed by atoms with E-state index in [-0.39, 0.29) is 0 Å². The quantitative estimate of drug-likeness (QED) is 0.783. The molecule has 1 unspecified atom stereocenters. The molecule has 3 nitrogen and oxygen atoms in total. The lowest BCUT2D eigenvalue weighted by atomic mass is 9.76. The van der Waals surface area contributed by atoms with Crippen LogP contribution in [-0.4, -0.2) is 22.4 Å². The molecule has 1 N–H and O–H groups in total. The van der Waals surface area contributed by atoms with E-state index in [1.807, 2.05) is 4.68 Å². The molecule has 0 saturated heterocycles. The molecular weight excluding hydrogens is 258 g/mol. The van der Waals surface area contributed by atoms with E-state index >= 15 is 0 Å². The van der Waals surface area contributed by atoms with Gasteiger partial charge in [0, 0.05) is 18.8 Å². The van der Waals surface area contributed by atoms with E-state index in [0.29, 0.717) is 6.04 Å². The topological polar surface area (TPSA) is 29.9 Å². The first-order valence-corrected chi connectivity index (χ1v) is 9.01. The monoisotopic (exact) mass is 291 g/mol. The van der Waals surface area contributed by atoms with E-state index < -0.39 is 0 Å². The zero-order valence-electron chi connectivity index (χ0n) is 14.1. The Balaban J connectivity index is 1.89. The van der Waals surface area contributed by atoms with Gasteiger partial charge in [-0.15, -0.1) is 0 Å². The summed E-state index contributed by atoms with van der Waals surface area (Å²) < 4.78 is 2.04. The van der Waals surface area contributed by atoms with Gasteiger partial charge in [-0.2, -0.15) is 5.10 Å². The molecule has 1 fully saturated rings. The maximum Gasteiger partial charge on any atom is 0.0522 e. The summed E-state index contributed by atoms with van der Waals surface area (Å²) in [6.45, 7) is 8.73. The minimum Gasteiger partial charge on any atom is -0.314 e. The van der Waals surface area contributed by atoms with Crippen molar-refractivity contribution in [3.8, 4) is 0 Å². The molecule has 3 heteroatoms. The van der Waals surface area contributed by atoms with Crippen molar-refractivity contribution in [1.82, 2.24) is 15.1 Å². The van der Waals surface area contributed by atoms with Crippen LogP contribution in [0.3, 0.4) is 0 Å².